The monoisotopic (exact) mass is 163 g/mol. The molecule has 0 saturated heterocycles. The van der Waals surface area contributed by atoms with Gasteiger partial charge < -0.3 is 0 Å². The predicted octanol–water partition coefficient (Wildman–Crippen LogP) is 2.86. The molecule has 2 heteroatoms. The van der Waals surface area contributed by atoms with Crippen LogP contribution in [0.15, 0.2) is 23.8 Å². The molecule has 0 aliphatic carbocycles. The van der Waals surface area contributed by atoms with Crippen LogP contribution in [0.3, 0.4) is 0 Å². The molecule has 0 unspecified atom stereocenters. The van der Waals surface area contributed by atoms with Crippen LogP contribution in [0.25, 0.3) is 10.1 Å². The van der Waals surface area contributed by atoms with Crippen LogP contribution in [-0.4, -0.2) is 4.98 Å². The van der Waals surface area contributed by atoms with Gasteiger partial charge in [-0.2, -0.15) is 0 Å². The third-order valence-electron chi connectivity index (χ3n) is 1.84. The molecule has 0 atom stereocenters. The van der Waals surface area contributed by atoms with E-state index in [1.54, 1.807) is 11.3 Å². The average Bonchev–Trinajstić information content (AvgIpc) is 2.50. The van der Waals surface area contributed by atoms with Crippen molar-refractivity contribution in [3.05, 3.63) is 29.4 Å². The Morgan fingerprint density at radius 2 is 2.36 bits per heavy atom. The van der Waals surface area contributed by atoms with Gasteiger partial charge in [0.1, 0.15) is 0 Å². The van der Waals surface area contributed by atoms with Crippen molar-refractivity contribution >= 4 is 21.4 Å². The van der Waals surface area contributed by atoms with Gasteiger partial charge in [0.25, 0.3) is 0 Å². The summed E-state index contributed by atoms with van der Waals surface area (Å²) in [5.74, 6) is 0. The SMILES string of the molecule is CCc1cncc2sccc12. The van der Waals surface area contributed by atoms with Gasteiger partial charge in [0.15, 0.2) is 0 Å². The van der Waals surface area contributed by atoms with Crippen molar-refractivity contribution in [2.75, 3.05) is 0 Å². The Morgan fingerprint density at radius 3 is 3.18 bits per heavy atom. The number of aromatic nitrogens is 1. The summed E-state index contributed by atoms with van der Waals surface area (Å²) in [5.41, 5.74) is 1.35. The molecular formula is C9H9NS. The molecule has 0 aliphatic heterocycles. The van der Waals surface area contributed by atoms with Crippen molar-refractivity contribution in [1.29, 1.82) is 0 Å². The highest BCUT2D eigenvalue weighted by Gasteiger charge is 1.98. The second-order valence-corrected chi connectivity index (χ2v) is 3.43. The minimum absolute atomic E-state index is 1.07. The zero-order valence-electron chi connectivity index (χ0n) is 6.37. The Labute approximate surface area is 69.7 Å². The van der Waals surface area contributed by atoms with Crippen molar-refractivity contribution in [2.45, 2.75) is 13.3 Å². The van der Waals surface area contributed by atoms with Crippen molar-refractivity contribution in [3.8, 4) is 0 Å². The molecule has 2 aromatic heterocycles. The van der Waals surface area contributed by atoms with E-state index in [9.17, 15) is 0 Å². The van der Waals surface area contributed by atoms with Gasteiger partial charge in [0, 0.05) is 12.4 Å². The smallest absolute Gasteiger partial charge is 0.0528 e. The molecule has 0 bridgehead atoms. The Kier molecular flexibility index (Phi) is 1.62. The molecule has 0 spiro atoms. The molecule has 0 aliphatic rings. The Balaban J connectivity index is 2.79. The van der Waals surface area contributed by atoms with Crippen molar-refractivity contribution in [3.63, 3.8) is 0 Å². The molecule has 0 aromatic carbocycles. The molecule has 0 N–H and O–H groups in total. The van der Waals surface area contributed by atoms with Gasteiger partial charge in [-0.05, 0) is 28.8 Å². The third-order valence-corrected chi connectivity index (χ3v) is 2.70. The number of thiophene rings is 1. The largest absolute Gasteiger partial charge is 0.263 e. The van der Waals surface area contributed by atoms with Gasteiger partial charge in [0.2, 0.25) is 0 Å². The first-order valence-corrected chi connectivity index (χ1v) is 4.60. The number of pyridine rings is 1. The second kappa shape index (κ2) is 2.62. The maximum absolute atomic E-state index is 4.17. The van der Waals surface area contributed by atoms with E-state index < -0.39 is 0 Å². The number of aryl methyl sites for hydroxylation is 1. The highest BCUT2D eigenvalue weighted by molar-refractivity contribution is 7.17. The van der Waals surface area contributed by atoms with E-state index in [0.717, 1.165) is 6.42 Å². The van der Waals surface area contributed by atoms with Crippen LogP contribution in [-0.2, 0) is 6.42 Å². The molecule has 0 amide bonds. The maximum Gasteiger partial charge on any atom is 0.0528 e. The molecule has 0 fully saturated rings. The molecule has 0 saturated carbocycles. The van der Waals surface area contributed by atoms with E-state index >= 15 is 0 Å². The van der Waals surface area contributed by atoms with Crippen LogP contribution in [0.2, 0.25) is 0 Å². The fraction of sp³-hybridized carbons (Fsp3) is 0.222. The Hall–Kier alpha value is -0.890. The average molecular weight is 163 g/mol. The predicted molar refractivity (Wildman–Crippen MR) is 49.0 cm³/mol. The van der Waals surface area contributed by atoms with Crippen molar-refractivity contribution in [2.24, 2.45) is 0 Å². The van der Waals surface area contributed by atoms with Crippen LogP contribution < -0.4 is 0 Å². The molecule has 2 rings (SSSR count). The summed E-state index contributed by atoms with van der Waals surface area (Å²) in [6.45, 7) is 2.16. The number of nitrogens with zero attached hydrogens (tertiary/aromatic N) is 1. The first-order chi connectivity index (χ1) is 5.42. The number of fused-ring (bicyclic) bond motifs is 1. The van der Waals surface area contributed by atoms with E-state index in [-0.39, 0.29) is 0 Å². The van der Waals surface area contributed by atoms with E-state index in [4.69, 9.17) is 0 Å². The highest BCUT2D eigenvalue weighted by atomic mass is 32.1. The summed E-state index contributed by atoms with van der Waals surface area (Å²) < 4.78 is 1.30. The molecule has 1 nitrogen and oxygen atoms in total. The fourth-order valence-electron chi connectivity index (χ4n) is 1.23. The standard InChI is InChI=1S/C9H9NS/c1-2-7-5-10-6-9-8(7)3-4-11-9/h3-6H,2H2,1H3. The van der Waals surface area contributed by atoms with Gasteiger partial charge in [-0.3, -0.25) is 4.98 Å². The minimum Gasteiger partial charge on any atom is -0.263 e. The maximum atomic E-state index is 4.17. The molecule has 0 radical (unpaired) electrons. The van der Waals surface area contributed by atoms with Crippen LogP contribution in [0, 0.1) is 0 Å². The van der Waals surface area contributed by atoms with E-state index in [1.807, 2.05) is 12.4 Å². The molecule has 2 heterocycles. The summed E-state index contributed by atoms with van der Waals surface area (Å²) in [4.78, 5) is 4.17. The number of hydrogen-bond acceptors (Lipinski definition) is 2. The summed E-state index contributed by atoms with van der Waals surface area (Å²) in [6.07, 6.45) is 4.95. The van der Waals surface area contributed by atoms with Crippen LogP contribution >= 0.6 is 11.3 Å². The zero-order valence-corrected chi connectivity index (χ0v) is 7.19. The summed E-state index contributed by atoms with van der Waals surface area (Å²) >= 11 is 1.75. The first kappa shape index (κ1) is 6.80. The van der Waals surface area contributed by atoms with Gasteiger partial charge in [-0.1, -0.05) is 6.92 Å². The highest BCUT2D eigenvalue weighted by Crippen LogP contribution is 2.22. The van der Waals surface area contributed by atoms with Gasteiger partial charge in [-0.25, -0.2) is 0 Å². The Bertz CT molecular complexity index is 364. The lowest BCUT2D eigenvalue weighted by molar-refractivity contribution is 1.13. The van der Waals surface area contributed by atoms with E-state index in [0.29, 0.717) is 0 Å². The quantitative estimate of drug-likeness (QED) is 0.630. The van der Waals surface area contributed by atoms with Gasteiger partial charge in [0.05, 0.1) is 4.70 Å². The minimum atomic E-state index is 1.07. The third kappa shape index (κ3) is 1.03. The first-order valence-electron chi connectivity index (χ1n) is 3.72. The van der Waals surface area contributed by atoms with Gasteiger partial charge >= 0.3 is 0 Å². The zero-order chi connectivity index (χ0) is 7.68. The summed E-state index contributed by atoms with van der Waals surface area (Å²) in [6, 6.07) is 2.17. The molecule has 2 aromatic rings. The summed E-state index contributed by atoms with van der Waals surface area (Å²) in [5, 5.41) is 3.48. The number of hydrogen-bond donors (Lipinski definition) is 0. The lowest BCUT2D eigenvalue weighted by Gasteiger charge is -1.95. The van der Waals surface area contributed by atoms with Crippen molar-refractivity contribution in [1.82, 2.24) is 4.98 Å². The topological polar surface area (TPSA) is 12.9 Å². The lowest BCUT2D eigenvalue weighted by atomic mass is 10.1. The lowest BCUT2D eigenvalue weighted by Crippen LogP contribution is -1.81. The van der Waals surface area contributed by atoms with Crippen LogP contribution in [0.4, 0.5) is 0 Å². The molecule has 11 heavy (non-hydrogen) atoms. The fourth-order valence-corrected chi connectivity index (χ4v) is 2.03. The van der Waals surface area contributed by atoms with Crippen LogP contribution in [0.5, 0.6) is 0 Å². The van der Waals surface area contributed by atoms with Crippen LogP contribution in [0.1, 0.15) is 12.5 Å². The molecule has 56 valence electrons. The second-order valence-electron chi connectivity index (χ2n) is 2.48. The van der Waals surface area contributed by atoms with Crippen molar-refractivity contribution < 1.29 is 0 Å². The van der Waals surface area contributed by atoms with Gasteiger partial charge in [-0.15, -0.1) is 11.3 Å². The number of rotatable bonds is 1. The Morgan fingerprint density at radius 1 is 1.45 bits per heavy atom. The van der Waals surface area contributed by atoms with E-state index in [1.165, 1.54) is 15.6 Å². The summed E-state index contributed by atoms with van der Waals surface area (Å²) in [7, 11) is 0. The van der Waals surface area contributed by atoms with E-state index in [2.05, 4.69) is 23.4 Å². The normalized spacial score (nSPS) is 10.6. The molecular weight excluding hydrogens is 154 g/mol.